The zero-order valence-electron chi connectivity index (χ0n) is 9.75. The van der Waals surface area contributed by atoms with Gasteiger partial charge >= 0.3 is 12.1 Å². The minimum atomic E-state index is -4.73. The zero-order valence-corrected chi connectivity index (χ0v) is 9.75. The number of rotatable bonds is 3. The molecule has 0 fully saturated rings. The second-order valence-corrected chi connectivity index (χ2v) is 3.44. The third-order valence-electron chi connectivity index (χ3n) is 2.23. The van der Waals surface area contributed by atoms with Crippen LogP contribution in [0.1, 0.15) is 38.8 Å². The fourth-order valence-corrected chi connectivity index (χ4v) is 1.42. The molecule has 0 saturated carbocycles. The number of aldehydes is 1. The first-order valence-corrected chi connectivity index (χ1v) is 5.12. The second kappa shape index (κ2) is 5.52. The summed E-state index contributed by atoms with van der Waals surface area (Å²) in [4.78, 5) is 22.2. The normalized spacial score (nSPS) is 10.7. The van der Waals surface area contributed by atoms with Gasteiger partial charge < -0.3 is 4.74 Å². The molecule has 1 aromatic carbocycles. The van der Waals surface area contributed by atoms with Crippen molar-refractivity contribution >= 4 is 12.3 Å². The largest absolute Gasteiger partial charge is 0.462 e. The van der Waals surface area contributed by atoms with Gasteiger partial charge in [0.25, 0.3) is 0 Å². The lowest BCUT2D eigenvalue weighted by molar-refractivity contribution is -0.137. The summed E-state index contributed by atoms with van der Waals surface area (Å²) in [6.45, 7) is 1.41. The van der Waals surface area contributed by atoms with E-state index in [1.807, 2.05) is 0 Å². The van der Waals surface area contributed by atoms with Crippen LogP contribution in [-0.2, 0) is 10.9 Å². The van der Waals surface area contributed by atoms with Gasteiger partial charge in [-0.2, -0.15) is 18.4 Å². The first-order chi connectivity index (χ1) is 8.85. The lowest BCUT2D eigenvalue weighted by Crippen LogP contribution is -2.13. The van der Waals surface area contributed by atoms with Crippen molar-refractivity contribution in [2.24, 2.45) is 0 Å². The van der Waals surface area contributed by atoms with E-state index in [1.165, 1.54) is 13.0 Å². The van der Waals surface area contributed by atoms with Crippen molar-refractivity contribution in [2.45, 2.75) is 13.1 Å². The number of carbonyl (C=O) groups is 2. The molecule has 0 radical (unpaired) electrons. The second-order valence-electron chi connectivity index (χ2n) is 3.44. The number of alkyl halides is 3. The lowest BCUT2D eigenvalue weighted by Gasteiger charge is -2.11. The number of benzene rings is 1. The fraction of sp³-hybridized carbons (Fsp3) is 0.250. The van der Waals surface area contributed by atoms with E-state index in [0.717, 1.165) is 0 Å². The van der Waals surface area contributed by atoms with Crippen LogP contribution in [0.5, 0.6) is 0 Å². The van der Waals surface area contributed by atoms with Crippen molar-refractivity contribution in [1.29, 1.82) is 5.26 Å². The Morgan fingerprint density at radius 1 is 1.47 bits per heavy atom. The number of nitrogens with zero attached hydrogens (tertiary/aromatic N) is 1. The summed E-state index contributed by atoms with van der Waals surface area (Å²) >= 11 is 0. The molecule has 0 N–H and O–H groups in total. The van der Waals surface area contributed by atoms with Gasteiger partial charge in [-0.1, -0.05) is 0 Å². The van der Waals surface area contributed by atoms with Crippen LogP contribution < -0.4 is 0 Å². The van der Waals surface area contributed by atoms with Crippen LogP contribution in [0, 0.1) is 11.3 Å². The van der Waals surface area contributed by atoms with Crippen molar-refractivity contribution < 1.29 is 27.5 Å². The molecule has 0 bridgehead atoms. The minimum absolute atomic E-state index is 0.0592. The summed E-state index contributed by atoms with van der Waals surface area (Å²) in [7, 11) is 0. The molecule has 0 aliphatic carbocycles. The van der Waals surface area contributed by atoms with Crippen LogP contribution in [0.4, 0.5) is 13.2 Å². The maximum Gasteiger partial charge on any atom is 0.416 e. The third kappa shape index (κ3) is 3.10. The van der Waals surface area contributed by atoms with E-state index in [1.54, 1.807) is 0 Å². The van der Waals surface area contributed by atoms with E-state index >= 15 is 0 Å². The molecule has 100 valence electrons. The average molecular weight is 271 g/mol. The van der Waals surface area contributed by atoms with Gasteiger partial charge in [-0.25, -0.2) is 4.79 Å². The number of esters is 1. The highest BCUT2D eigenvalue weighted by atomic mass is 19.4. The number of hydrogen-bond donors (Lipinski definition) is 0. The smallest absolute Gasteiger partial charge is 0.416 e. The minimum Gasteiger partial charge on any atom is -0.462 e. The van der Waals surface area contributed by atoms with E-state index in [2.05, 4.69) is 4.74 Å². The summed E-state index contributed by atoms with van der Waals surface area (Å²) in [6, 6.07) is 2.56. The highest BCUT2D eigenvalue weighted by Crippen LogP contribution is 2.32. The van der Waals surface area contributed by atoms with Crippen LogP contribution in [-0.4, -0.2) is 18.9 Å². The van der Waals surface area contributed by atoms with Gasteiger partial charge in [-0.05, 0) is 19.1 Å². The molecule has 0 aliphatic heterocycles. The molecule has 0 aromatic heterocycles. The molecule has 0 saturated heterocycles. The number of halogens is 3. The lowest BCUT2D eigenvalue weighted by atomic mass is 9.98. The Labute approximate surface area is 106 Å². The van der Waals surface area contributed by atoms with Gasteiger partial charge in [0.15, 0.2) is 6.29 Å². The summed E-state index contributed by atoms with van der Waals surface area (Å²) in [5, 5.41) is 8.84. The Morgan fingerprint density at radius 2 is 2.11 bits per heavy atom. The maximum atomic E-state index is 12.6. The van der Waals surface area contributed by atoms with Gasteiger partial charge in [-0.3, -0.25) is 4.79 Å². The van der Waals surface area contributed by atoms with Crippen LogP contribution in [0.25, 0.3) is 0 Å². The predicted octanol–water partition coefficient (Wildman–Crippen LogP) is 2.57. The van der Waals surface area contributed by atoms with Gasteiger partial charge in [0.1, 0.15) is 6.07 Å². The van der Waals surface area contributed by atoms with Gasteiger partial charge in [0.05, 0.1) is 23.3 Å². The summed E-state index contributed by atoms with van der Waals surface area (Å²) in [5.74, 6) is -1.08. The molecule has 7 heteroatoms. The van der Waals surface area contributed by atoms with Crippen LogP contribution >= 0.6 is 0 Å². The number of hydrogen-bond acceptors (Lipinski definition) is 4. The summed E-state index contributed by atoms with van der Waals surface area (Å²) in [5.41, 5.74) is -2.68. The average Bonchev–Trinajstić information content (AvgIpc) is 2.36. The van der Waals surface area contributed by atoms with Crippen LogP contribution in [0.3, 0.4) is 0 Å². The van der Waals surface area contributed by atoms with Gasteiger partial charge in [-0.15, -0.1) is 0 Å². The van der Waals surface area contributed by atoms with Crippen molar-refractivity contribution in [3.8, 4) is 6.07 Å². The first kappa shape index (κ1) is 14.7. The van der Waals surface area contributed by atoms with Gasteiger partial charge in [0.2, 0.25) is 0 Å². The first-order valence-electron chi connectivity index (χ1n) is 5.12. The van der Waals surface area contributed by atoms with E-state index < -0.39 is 34.4 Å². The molecule has 1 rings (SSSR count). The van der Waals surface area contributed by atoms with Crippen molar-refractivity contribution in [3.63, 3.8) is 0 Å². The Balaban J connectivity index is 3.54. The third-order valence-corrected chi connectivity index (χ3v) is 2.23. The fourth-order valence-electron chi connectivity index (χ4n) is 1.42. The van der Waals surface area contributed by atoms with Crippen LogP contribution in [0.2, 0.25) is 0 Å². The number of ether oxygens (including phenoxy) is 1. The highest BCUT2D eigenvalue weighted by molar-refractivity contribution is 5.96. The molecule has 0 aliphatic rings. The quantitative estimate of drug-likeness (QED) is 0.626. The highest BCUT2D eigenvalue weighted by Gasteiger charge is 2.33. The monoisotopic (exact) mass is 271 g/mol. The molecular formula is C12H8F3NO3. The maximum absolute atomic E-state index is 12.6. The van der Waals surface area contributed by atoms with E-state index in [-0.39, 0.29) is 12.9 Å². The topological polar surface area (TPSA) is 67.2 Å². The zero-order chi connectivity index (χ0) is 14.6. The molecule has 0 unspecified atom stereocenters. The molecule has 0 amide bonds. The summed E-state index contributed by atoms with van der Waals surface area (Å²) < 4.78 is 42.4. The van der Waals surface area contributed by atoms with E-state index in [0.29, 0.717) is 12.1 Å². The Morgan fingerprint density at radius 3 is 2.53 bits per heavy atom. The number of nitriles is 1. The van der Waals surface area contributed by atoms with E-state index in [4.69, 9.17) is 5.26 Å². The Kier molecular flexibility index (Phi) is 4.27. The molecule has 1 aromatic rings. The Bertz CT molecular complexity index is 559. The van der Waals surface area contributed by atoms with Crippen molar-refractivity contribution in [3.05, 3.63) is 34.4 Å². The molecule has 4 nitrogen and oxygen atoms in total. The Hall–Kier alpha value is -2.36. The standard InChI is InChI=1S/C12H8F3NO3/c1-2-19-11(18)9-4-8(12(13,14)15)3-7(6-17)10(9)5-16/h3-4,6H,2H2,1H3. The van der Waals surface area contributed by atoms with E-state index in [9.17, 15) is 22.8 Å². The molecule has 0 atom stereocenters. The van der Waals surface area contributed by atoms with Crippen molar-refractivity contribution in [2.75, 3.05) is 6.61 Å². The SMILES string of the molecule is CCOC(=O)c1cc(C(F)(F)F)cc(C=O)c1C#N. The van der Waals surface area contributed by atoms with Crippen molar-refractivity contribution in [1.82, 2.24) is 0 Å². The molecular weight excluding hydrogens is 263 g/mol. The summed E-state index contributed by atoms with van der Waals surface area (Å²) in [6.07, 6.45) is -4.64. The predicted molar refractivity (Wildman–Crippen MR) is 57.5 cm³/mol. The number of carbonyl (C=O) groups excluding carboxylic acids is 2. The van der Waals surface area contributed by atoms with Gasteiger partial charge in [0, 0.05) is 5.56 Å². The molecule has 19 heavy (non-hydrogen) atoms. The molecule has 0 heterocycles. The molecule has 0 spiro atoms. The van der Waals surface area contributed by atoms with Crippen LogP contribution in [0.15, 0.2) is 12.1 Å².